The quantitative estimate of drug-likeness (QED) is 0.0261. The number of allylic oxidation sites excluding steroid dienone is 14. The molecular weight excluding hydrogens is 1010 g/mol. The molecule has 0 spiro atoms. The van der Waals surface area contributed by atoms with Crippen molar-refractivity contribution in [3.05, 3.63) is 85.1 Å². The maximum absolute atomic E-state index is 13.0. The van der Waals surface area contributed by atoms with E-state index in [9.17, 15) is 14.4 Å². The van der Waals surface area contributed by atoms with Crippen molar-refractivity contribution in [1.82, 2.24) is 0 Å². The van der Waals surface area contributed by atoms with Crippen LogP contribution in [-0.2, 0) is 28.6 Å². The lowest BCUT2D eigenvalue weighted by Gasteiger charge is -2.18. The normalized spacial score (nSPS) is 12.6. The molecule has 0 amide bonds. The zero-order valence-electron chi connectivity index (χ0n) is 54.5. The van der Waals surface area contributed by atoms with Gasteiger partial charge in [0.15, 0.2) is 6.10 Å². The zero-order chi connectivity index (χ0) is 59.2. The fourth-order valence-corrected chi connectivity index (χ4v) is 10.2. The van der Waals surface area contributed by atoms with E-state index in [0.717, 1.165) is 96.3 Å². The minimum absolute atomic E-state index is 0.0810. The molecule has 0 aromatic carbocycles. The molecule has 1 unspecified atom stereocenters. The average Bonchev–Trinajstić information content (AvgIpc) is 3.47. The fraction of sp³-hybridized carbons (Fsp3) is 0.776. The maximum atomic E-state index is 13.0. The molecule has 82 heavy (non-hydrogen) atoms. The lowest BCUT2D eigenvalue weighted by atomic mass is 10.0. The minimum Gasteiger partial charge on any atom is -0.462 e. The third-order valence-corrected chi connectivity index (χ3v) is 15.6. The number of hydrogen-bond acceptors (Lipinski definition) is 6. The highest BCUT2D eigenvalue weighted by Crippen LogP contribution is 2.17. The van der Waals surface area contributed by atoms with E-state index in [2.05, 4.69) is 106 Å². The Morgan fingerprint density at radius 1 is 0.244 bits per heavy atom. The van der Waals surface area contributed by atoms with Gasteiger partial charge in [-0.3, -0.25) is 14.4 Å². The van der Waals surface area contributed by atoms with Gasteiger partial charge in [-0.15, -0.1) is 0 Å². The second-order valence-electron chi connectivity index (χ2n) is 23.8. The van der Waals surface area contributed by atoms with Crippen LogP contribution < -0.4 is 0 Å². The average molecular weight is 1140 g/mol. The summed E-state index contributed by atoms with van der Waals surface area (Å²) in [6.45, 7) is 6.61. The number of carbonyl (C=O) groups is 3. The summed E-state index contributed by atoms with van der Waals surface area (Å²) in [6, 6.07) is 0. The second kappa shape index (κ2) is 70.1. The van der Waals surface area contributed by atoms with Crippen molar-refractivity contribution in [2.45, 2.75) is 367 Å². The van der Waals surface area contributed by atoms with Gasteiger partial charge in [-0.2, -0.15) is 0 Å². The molecule has 0 saturated carbocycles. The van der Waals surface area contributed by atoms with Gasteiger partial charge in [0.25, 0.3) is 0 Å². The molecule has 0 bridgehead atoms. The molecule has 0 radical (unpaired) electrons. The SMILES string of the molecule is CCCC/C=C\C/C=C\CCCCCCCC(=O)OCC(COC(=O)CCCCCCCCCCCCCC/C=C\C/C=C\C/C=C\CCCCCCC)OC(=O)CCCCCCCCCCCCC/C=C\C/C=C\CCCCCCC. The highest BCUT2D eigenvalue weighted by Gasteiger charge is 2.19. The second-order valence-corrected chi connectivity index (χ2v) is 23.8. The Hall–Kier alpha value is -3.41. The van der Waals surface area contributed by atoms with E-state index in [1.807, 2.05) is 0 Å². The van der Waals surface area contributed by atoms with Crippen LogP contribution in [0, 0.1) is 0 Å². The van der Waals surface area contributed by atoms with Crippen LogP contribution in [0.1, 0.15) is 361 Å². The van der Waals surface area contributed by atoms with Crippen LogP contribution in [-0.4, -0.2) is 37.2 Å². The Morgan fingerprint density at radius 2 is 0.451 bits per heavy atom. The minimum atomic E-state index is -0.786. The Labute approximate surface area is 509 Å². The summed E-state index contributed by atoms with van der Waals surface area (Å²) in [5.74, 6) is -0.882. The highest BCUT2D eigenvalue weighted by atomic mass is 16.6. The zero-order valence-corrected chi connectivity index (χ0v) is 54.5. The third-order valence-electron chi connectivity index (χ3n) is 15.6. The topological polar surface area (TPSA) is 78.9 Å². The molecule has 6 heteroatoms. The lowest BCUT2D eigenvalue weighted by Crippen LogP contribution is -2.30. The molecule has 0 N–H and O–H groups in total. The molecule has 0 rings (SSSR count). The van der Waals surface area contributed by atoms with Gasteiger partial charge in [0.1, 0.15) is 13.2 Å². The van der Waals surface area contributed by atoms with E-state index in [0.29, 0.717) is 19.3 Å². The first-order chi connectivity index (χ1) is 40.5. The molecule has 0 aromatic heterocycles. The molecule has 0 aromatic rings. The van der Waals surface area contributed by atoms with Crippen molar-refractivity contribution in [1.29, 1.82) is 0 Å². The summed E-state index contributed by atoms with van der Waals surface area (Å²) in [4.78, 5) is 38.4. The van der Waals surface area contributed by atoms with Gasteiger partial charge < -0.3 is 14.2 Å². The Bertz CT molecular complexity index is 1550. The predicted molar refractivity (Wildman–Crippen MR) is 358 cm³/mol. The third kappa shape index (κ3) is 67.4. The molecular formula is C76H134O6. The molecule has 0 heterocycles. The first-order valence-corrected chi connectivity index (χ1v) is 35.6. The van der Waals surface area contributed by atoms with Gasteiger partial charge in [-0.05, 0) is 116 Å². The van der Waals surface area contributed by atoms with Crippen LogP contribution in [0.3, 0.4) is 0 Å². The van der Waals surface area contributed by atoms with Gasteiger partial charge >= 0.3 is 17.9 Å². The van der Waals surface area contributed by atoms with Gasteiger partial charge in [-0.25, -0.2) is 0 Å². The number of carbonyl (C=O) groups excluding carboxylic acids is 3. The van der Waals surface area contributed by atoms with Crippen LogP contribution in [0.5, 0.6) is 0 Å². The standard InChI is InChI=1S/C76H134O6/c1-4-7-10-13-16-19-22-25-28-30-32-34-36-37-38-39-41-42-44-46-48-51-54-57-60-63-66-69-75(78)81-72-73(71-80-74(77)68-65-62-59-56-53-50-27-24-21-18-15-12-9-6-3)82-76(79)70-67-64-61-58-55-52-49-47-45-43-40-35-33-31-29-26-23-20-17-14-11-8-5-2/h15,18,22-27,30-33,36-37,73H,4-14,16-17,19-21,28-29,34-35,38-72H2,1-3H3/b18-15-,25-22-,26-23-,27-24-,32-30-,33-31-,37-36-. The number of hydrogen-bond donors (Lipinski definition) is 0. The number of ether oxygens (including phenoxy) is 3. The van der Waals surface area contributed by atoms with Gasteiger partial charge in [0.05, 0.1) is 0 Å². The molecule has 1 atom stereocenters. The van der Waals surface area contributed by atoms with Gasteiger partial charge in [0.2, 0.25) is 0 Å². The summed E-state index contributed by atoms with van der Waals surface area (Å²) in [5.41, 5.74) is 0. The molecule has 0 saturated heterocycles. The van der Waals surface area contributed by atoms with Crippen LogP contribution in [0.15, 0.2) is 85.1 Å². The first-order valence-electron chi connectivity index (χ1n) is 35.6. The summed E-state index contributed by atoms with van der Waals surface area (Å²) < 4.78 is 17.0. The maximum Gasteiger partial charge on any atom is 0.306 e. The summed E-state index contributed by atoms with van der Waals surface area (Å²) in [5, 5.41) is 0. The van der Waals surface area contributed by atoms with E-state index < -0.39 is 6.10 Å². The van der Waals surface area contributed by atoms with Gasteiger partial charge in [0, 0.05) is 19.3 Å². The highest BCUT2D eigenvalue weighted by molar-refractivity contribution is 5.71. The van der Waals surface area contributed by atoms with Crippen molar-refractivity contribution in [3.63, 3.8) is 0 Å². The largest absolute Gasteiger partial charge is 0.462 e. The number of unbranched alkanes of at least 4 members (excludes halogenated alkanes) is 40. The van der Waals surface area contributed by atoms with Crippen molar-refractivity contribution in [3.8, 4) is 0 Å². The van der Waals surface area contributed by atoms with E-state index in [-0.39, 0.29) is 31.1 Å². The van der Waals surface area contributed by atoms with Gasteiger partial charge in [-0.1, -0.05) is 311 Å². The Kier molecular flexibility index (Phi) is 67.2. The fourth-order valence-electron chi connectivity index (χ4n) is 10.2. The van der Waals surface area contributed by atoms with Crippen LogP contribution in [0.25, 0.3) is 0 Å². The number of rotatable bonds is 65. The molecule has 6 nitrogen and oxygen atoms in total. The Balaban J connectivity index is 4.30. The van der Waals surface area contributed by atoms with Crippen LogP contribution in [0.2, 0.25) is 0 Å². The summed E-state index contributed by atoms with van der Waals surface area (Å²) >= 11 is 0. The van der Waals surface area contributed by atoms with Crippen molar-refractivity contribution >= 4 is 17.9 Å². The van der Waals surface area contributed by atoms with E-state index in [1.54, 1.807) is 0 Å². The predicted octanol–water partition coefficient (Wildman–Crippen LogP) is 24.6. The molecule has 0 aliphatic heterocycles. The summed E-state index contributed by atoms with van der Waals surface area (Å²) in [6.07, 6.45) is 93.2. The molecule has 0 fully saturated rings. The smallest absolute Gasteiger partial charge is 0.306 e. The van der Waals surface area contributed by atoms with E-state index in [1.165, 1.54) is 225 Å². The van der Waals surface area contributed by atoms with Crippen molar-refractivity contribution < 1.29 is 28.6 Å². The van der Waals surface area contributed by atoms with Crippen molar-refractivity contribution in [2.75, 3.05) is 13.2 Å². The molecule has 0 aliphatic rings. The monoisotopic (exact) mass is 1140 g/mol. The first kappa shape index (κ1) is 78.6. The Morgan fingerprint density at radius 3 is 0.720 bits per heavy atom. The van der Waals surface area contributed by atoms with Crippen molar-refractivity contribution in [2.24, 2.45) is 0 Å². The number of esters is 3. The molecule has 474 valence electrons. The summed E-state index contributed by atoms with van der Waals surface area (Å²) in [7, 11) is 0. The van der Waals surface area contributed by atoms with Crippen LogP contribution in [0.4, 0.5) is 0 Å². The van der Waals surface area contributed by atoms with Crippen LogP contribution >= 0.6 is 0 Å². The van der Waals surface area contributed by atoms with E-state index in [4.69, 9.17) is 14.2 Å². The molecule has 0 aliphatic carbocycles. The lowest BCUT2D eigenvalue weighted by molar-refractivity contribution is -0.167. The van der Waals surface area contributed by atoms with E-state index >= 15 is 0 Å².